The molecule has 0 bridgehead atoms. The fourth-order valence-corrected chi connectivity index (χ4v) is 5.61. The van der Waals surface area contributed by atoms with Crippen LogP contribution < -0.4 is 9.62 Å². The first-order chi connectivity index (χ1) is 18.5. The van der Waals surface area contributed by atoms with Gasteiger partial charge in [0, 0.05) is 23.1 Å². The number of hydrogen-bond acceptors (Lipinski definition) is 4. The summed E-state index contributed by atoms with van der Waals surface area (Å²) >= 11 is 12.0. The Labute approximate surface area is 240 Å². The van der Waals surface area contributed by atoms with E-state index >= 15 is 0 Å². The zero-order chi connectivity index (χ0) is 28.6. The van der Waals surface area contributed by atoms with Crippen LogP contribution in [0.2, 0.25) is 10.0 Å². The Morgan fingerprint density at radius 2 is 1.56 bits per heavy atom. The Balaban J connectivity index is 1.99. The van der Waals surface area contributed by atoms with Crippen molar-refractivity contribution in [3.63, 3.8) is 0 Å². The molecule has 3 rings (SSSR count). The van der Waals surface area contributed by atoms with Gasteiger partial charge >= 0.3 is 0 Å². The van der Waals surface area contributed by atoms with Crippen molar-refractivity contribution >= 4 is 50.7 Å². The summed E-state index contributed by atoms with van der Waals surface area (Å²) in [5.41, 5.74) is 1.92. The van der Waals surface area contributed by atoms with E-state index in [9.17, 15) is 18.0 Å². The molecule has 0 fully saturated rings. The largest absolute Gasteiger partial charge is 0.354 e. The van der Waals surface area contributed by atoms with E-state index in [4.69, 9.17) is 23.2 Å². The number of carbonyl (C=O) groups is 2. The lowest BCUT2D eigenvalue weighted by molar-refractivity contribution is -0.139. The average molecular weight is 591 g/mol. The third-order valence-corrected chi connectivity index (χ3v) is 8.53. The second kappa shape index (κ2) is 13.8. The monoisotopic (exact) mass is 589 g/mol. The Hall–Kier alpha value is -3.07. The maximum Gasteiger partial charge on any atom is 0.264 e. The lowest BCUT2D eigenvalue weighted by Crippen LogP contribution is -2.51. The van der Waals surface area contributed by atoms with Crippen LogP contribution >= 0.6 is 23.2 Å². The molecule has 0 aliphatic rings. The van der Waals surface area contributed by atoms with Crippen molar-refractivity contribution in [1.82, 2.24) is 10.2 Å². The van der Waals surface area contributed by atoms with Gasteiger partial charge in [0.2, 0.25) is 11.8 Å². The molecule has 3 aromatic carbocycles. The van der Waals surface area contributed by atoms with Crippen LogP contribution in [0.15, 0.2) is 77.7 Å². The minimum Gasteiger partial charge on any atom is -0.354 e. The molecule has 1 unspecified atom stereocenters. The van der Waals surface area contributed by atoms with Crippen LogP contribution in [0.4, 0.5) is 5.69 Å². The van der Waals surface area contributed by atoms with E-state index in [2.05, 4.69) is 5.32 Å². The normalized spacial score (nSPS) is 12.0. The number of hydrogen-bond donors (Lipinski definition) is 1. The van der Waals surface area contributed by atoms with Gasteiger partial charge in [0.05, 0.1) is 10.6 Å². The number of unbranched alkanes of at least 4 members (excludes halogenated alkanes) is 1. The van der Waals surface area contributed by atoms with E-state index in [-0.39, 0.29) is 17.3 Å². The zero-order valence-corrected chi connectivity index (χ0v) is 24.6. The van der Waals surface area contributed by atoms with Gasteiger partial charge in [-0.3, -0.25) is 13.9 Å². The minimum atomic E-state index is -4.15. The maximum absolute atomic E-state index is 13.9. The number of sulfonamides is 1. The molecule has 0 saturated heterocycles. The topological polar surface area (TPSA) is 86.8 Å². The van der Waals surface area contributed by atoms with Gasteiger partial charge in [-0.15, -0.1) is 0 Å². The van der Waals surface area contributed by atoms with Gasteiger partial charge in [-0.05, 0) is 79.9 Å². The molecular formula is C29H33Cl2N3O4S. The van der Waals surface area contributed by atoms with Crippen LogP contribution in [0.1, 0.15) is 37.8 Å². The number of rotatable bonds is 12. The summed E-state index contributed by atoms with van der Waals surface area (Å²) in [5.74, 6) is -0.837. The molecule has 39 heavy (non-hydrogen) atoms. The molecule has 0 aliphatic carbocycles. The number of anilines is 1. The molecule has 0 aromatic heterocycles. The molecule has 0 radical (unpaired) electrons. The second-order valence-electron chi connectivity index (χ2n) is 9.27. The van der Waals surface area contributed by atoms with E-state index in [1.165, 1.54) is 29.2 Å². The summed E-state index contributed by atoms with van der Waals surface area (Å²) < 4.78 is 28.7. The molecule has 0 heterocycles. The summed E-state index contributed by atoms with van der Waals surface area (Å²) in [6, 6.07) is 18.8. The van der Waals surface area contributed by atoms with E-state index < -0.39 is 28.5 Å². The van der Waals surface area contributed by atoms with Crippen LogP contribution in [0.5, 0.6) is 0 Å². The van der Waals surface area contributed by atoms with Crippen molar-refractivity contribution in [1.29, 1.82) is 0 Å². The summed E-state index contributed by atoms with van der Waals surface area (Å²) in [7, 11) is -4.15. The molecule has 1 atom stereocenters. The van der Waals surface area contributed by atoms with Crippen LogP contribution in [0, 0.1) is 6.92 Å². The predicted molar refractivity (Wildman–Crippen MR) is 157 cm³/mol. The van der Waals surface area contributed by atoms with E-state index in [0.29, 0.717) is 22.3 Å². The van der Waals surface area contributed by atoms with Crippen molar-refractivity contribution in [2.75, 3.05) is 17.4 Å². The van der Waals surface area contributed by atoms with Gasteiger partial charge in [-0.2, -0.15) is 0 Å². The SMILES string of the molecule is CCCCNC(=O)C(C)N(Cc1ccc(Cl)cc1)C(=O)CN(c1cccc(C)c1)S(=O)(=O)c1ccc(Cl)cc1. The molecule has 0 saturated carbocycles. The highest BCUT2D eigenvalue weighted by Crippen LogP contribution is 2.26. The Bertz CT molecular complexity index is 1380. The first-order valence-corrected chi connectivity index (χ1v) is 14.9. The molecule has 0 spiro atoms. The number of halogens is 2. The van der Waals surface area contributed by atoms with Crippen LogP contribution in [-0.4, -0.2) is 44.3 Å². The number of aryl methyl sites for hydroxylation is 1. The van der Waals surface area contributed by atoms with Crippen molar-refractivity contribution < 1.29 is 18.0 Å². The van der Waals surface area contributed by atoms with Gasteiger partial charge in [0.15, 0.2) is 0 Å². The number of carbonyl (C=O) groups excluding carboxylic acids is 2. The number of nitrogens with zero attached hydrogens (tertiary/aromatic N) is 2. The van der Waals surface area contributed by atoms with Crippen LogP contribution in [0.3, 0.4) is 0 Å². The van der Waals surface area contributed by atoms with Crippen molar-refractivity contribution in [2.45, 2.75) is 51.1 Å². The summed E-state index contributed by atoms with van der Waals surface area (Å²) in [5, 5.41) is 3.81. The maximum atomic E-state index is 13.9. The van der Waals surface area contributed by atoms with Crippen molar-refractivity contribution in [3.8, 4) is 0 Å². The van der Waals surface area contributed by atoms with Crippen molar-refractivity contribution in [3.05, 3.63) is 94.0 Å². The smallest absolute Gasteiger partial charge is 0.264 e. The Morgan fingerprint density at radius 3 is 2.15 bits per heavy atom. The molecule has 1 N–H and O–H groups in total. The number of amides is 2. The molecule has 3 aromatic rings. The fourth-order valence-electron chi connectivity index (χ4n) is 3.95. The fraction of sp³-hybridized carbons (Fsp3) is 0.310. The molecule has 2 amide bonds. The van der Waals surface area contributed by atoms with Crippen molar-refractivity contribution in [2.24, 2.45) is 0 Å². The van der Waals surface area contributed by atoms with E-state index in [1.807, 2.05) is 19.9 Å². The highest BCUT2D eigenvalue weighted by molar-refractivity contribution is 7.92. The lowest BCUT2D eigenvalue weighted by atomic mass is 10.1. The minimum absolute atomic E-state index is 0.00388. The zero-order valence-electron chi connectivity index (χ0n) is 22.2. The van der Waals surface area contributed by atoms with Gasteiger partial charge in [0.1, 0.15) is 12.6 Å². The standard InChI is InChI=1S/C29H33Cl2N3O4S/c1-4-5-17-32-29(36)22(3)33(19-23-9-11-24(30)12-10-23)28(35)20-34(26-8-6-7-21(2)18-26)39(37,38)27-15-13-25(31)14-16-27/h6-16,18,22H,4-5,17,19-20H2,1-3H3,(H,32,36). The average Bonchev–Trinajstić information content (AvgIpc) is 2.91. The number of benzene rings is 3. The Morgan fingerprint density at radius 1 is 0.949 bits per heavy atom. The van der Waals surface area contributed by atoms with E-state index in [1.54, 1.807) is 49.4 Å². The quantitative estimate of drug-likeness (QED) is 0.269. The molecule has 208 valence electrons. The highest BCUT2D eigenvalue weighted by Gasteiger charge is 2.32. The third kappa shape index (κ3) is 8.21. The Kier molecular flexibility index (Phi) is 10.8. The first kappa shape index (κ1) is 30.5. The summed E-state index contributed by atoms with van der Waals surface area (Å²) in [4.78, 5) is 28.3. The molecule has 7 nitrogen and oxygen atoms in total. The van der Waals surface area contributed by atoms with Gasteiger partial charge in [-0.25, -0.2) is 8.42 Å². The number of nitrogens with one attached hydrogen (secondary N) is 1. The van der Waals surface area contributed by atoms with Gasteiger partial charge in [-0.1, -0.05) is 60.8 Å². The van der Waals surface area contributed by atoms with Crippen LogP contribution in [-0.2, 0) is 26.2 Å². The van der Waals surface area contributed by atoms with Crippen LogP contribution in [0.25, 0.3) is 0 Å². The molecule has 10 heteroatoms. The molecular weight excluding hydrogens is 557 g/mol. The lowest BCUT2D eigenvalue weighted by Gasteiger charge is -2.32. The summed E-state index contributed by atoms with van der Waals surface area (Å²) in [6.45, 7) is 5.58. The summed E-state index contributed by atoms with van der Waals surface area (Å²) in [6.07, 6.45) is 1.72. The second-order valence-corrected chi connectivity index (χ2v) is 12.0. The first-order valence-electron chi connectivity index (χ1n) is 12.7. The third-order valence-electron chi connectivity index (χ3n) is 6.23. The van der Waals surface area contributed by atoms with Gasteiger partial charge in [0.25, 0.3) is 10.0 Å². The highest BCUT2D eigenvalue weighted by atomic mass is 35.5. The predicted octanol–water partition coefficient (Wildman–Crippen LogP) is 5.83. The van der Waals surface area contributed by atoms with E-state index in [0.717, 1.165) is 28.3 Å². The van der Waals surface area contributed by atoms with Gasteiger partial charge < -0.3 is 10.2 Å². The molecule has 0 aliphatic heterocycles.